The van der Waals surface area contributed by atoms with Crippen LogP contribution in [0.4, 0.5) is 0 Å². The zero-order chi connectivity index (χ0) is 12.1. The highest BCUT2D eigenvalue weighted by atomic mass is 32.1. The molecule has 0 spiro atoms. The van der Waals surface area contributed by atoms with E-state index in [1.165, 1.54) is 15.3 Å². The van der Waals surface area contributed by atoms with Gasteiger partial charge in [-0.2, -0.15) is 0 Å². The fourth-order valence-corrected chi connectivity index (χ4v) is 2.75. The second-order valence-electron chi connectivity index (χ2n) is 3.90. The average molecular weight is 243 g/mol. The Labute approximate surface area is 102 Å². The molecular formula is C12H21NO2S. The highest BCUT2D eigenvalue weighted by Crippen LogP contribution is 2.25. The van der Waals surface area contributed by atoms with Crippen LogP contribution in [0.25, 0.3) is 0 Å². The second-order valence-corrected chi connectivity index (χ2v) is 5.36. The maximum absolute atomic E-state index is 5.14. The predicted molar refractivity (Wildman–Crippen MR) is 68.0 cm³/mol. The highest BCUT2D eigenvalue weighted by Gasteiger charge is 2.13. The van der Waals surface area contributed by atoms with E-state index in [-0.39, 0.29) is 6.29 Å². The Bertz CT molecular complexity index is 321. The maximum atomic E-state index is 5.14. The number of ether oxygens (including phenoxy) is 2. The third-order valence-corrected chi connectivity index (χ3v) is 3.64. The quantitative estimate of drug-likeness (QED) is 0.779. The van der Waals surface area contributed by atoms with Gasteiger partial charge in [0.15, 0.2) is 6.29 Å². The lowest BCUT2D eigenvalue weighted by molar-refractivity contribution is -0.0997. The van der Waals surface area contributed by atoms with E-state index >= 15 is 0 Å². The first-order valence-electron chi connectivity index (χ1n) is 5.44. The summed E-state index contributed by atoms with van der Waals surface area (Å²) < 4.78 is 10.3. The van der Waals surface area contributed by atoms with E-state index in [0.717, 1.165) is 0 Å². The van der Waals surface area contributed by atoms with Gasteiger partial charge in [-0.3, -0.25) is 0 Å². The molecule has 0 bridgehead atoms. The van der Waals surface area contributed by atoms with Crippen LogP contribution in [0.5, 0.6) is 0 Å². The fourth-order valence-electron chi connectivity index (χ4n) is 1.73. The first-order valence-corrected chi connectivity index (χ1v) is 6.26. The van der Waals surface area contributed by atoms with Crippen molar-refractivity contribution in [1.82, 2.24) is 5.32 Å². The normalized spacial score (nSPS) is 13.4. The number of nitrogens with one attached hydrogen (secondary N) is 1. The van der Waals surface area contributed by atoms with Gasteiger partial charge in [0.05, 0.1) is 0 Å². The largest absolute Gasteiger partial charge is 0.355 e. The van der Waals surface area contributed by atoms with Crippen molar-refractivity contribution in [3.05, 3.63) is 21.4 Å². The molecule has 0 aliphatic carbocycles. The van der Waals surface area contributed by atoms with Gasteiger partial charge in [-0.1, -0.05) is 0 Å². The average Bonchev–Trinajstić information content (AvgIpc) is 2.59. The Morgan fingerprint density at radius 2 is 1.94 bits per heavy atom. The van der Waals surface area contributed by atoms with Crippen LogP contribution in [0, 0.1) is 13.8 Å². The Balaban J connectivity index is 2.52. The van der Waals surface area contributed by atoms with Crippen LogP contribution in [-0.2, 0) is 9.47 Å². The van der Waals surface area contributed by atoms with Crippen LogP contribution in [0.3, 0.4) is 0 Å². The van der Waals surface area contributed by atoms with Gasteiger partial charge in [0.1, 0.15) is 0 Å². The third kappa shape index (κ3) is 3.56. The number of hydrogen-bond donors (Lipinski definition) is 1. The number of rotatable bonds is 6. The molecule has 0 aromatic carbocycles. The lowest BCUT2D eigenvalue weighted by atomic mass is 10.1. The molecule has 4 heteroatoms. The van der Waals surface area contributed by atoms with Crippen LogP contribution in [0.2, 0.25) is 0 Å². The van der Waals surface area contributed by atoms with Gasteiger partial charge in [0, 0.05) is 36.6 Å². The monoisotopic (exact) mass is 243 g/mol. The van der Waals surface area contributed by atoms with Crippen molar-refractivity contribution in [3.63, 3.8) is 0 Å². The summed E-state index contributed by atoms with van der Waals surface area (Å²) in [6.45, 7) is 7.16. The summed E-state index contributed by atoms with van der Waals surface area (Å²) in [4.78, 5) is 2.74. The molecule has 92 valence electrons. The van der Waals surface area contributed by atoms with Gasteiger partial charge in [-0.15, -0.1) is 11.3 Å². The topological polar surface area (TPSA) is 30.5 Å². The third-order valence-electron chi connectivity index (χ3n) is 2.66. The van der Waals surface area contributed by atoms with Crippen molar-refractivity contribution >= 4 is 11.3 Å². The lowest BCUT2D eigenvalue weighted by Gasteiger charge is -2.18. The molecule has 0 aliphatic heterocycles. The molecule has 1 N–H and O–H groups in total. The smallest absolute Gasteiger partial charge is 0.169 e. The molecule has 0 amide bonds. The molecule has 1 atom stereocenters. The maximum Gasteiger partial charge on any atom is 0.169 e. The molecule has 16 heavy (non-hydrogen) atoms. The summed E-state index contributed by atoms with van der Waals surface area (Å²) in [5.74, 6) is 0. The summed E-state index contributed by atoms with van der Waals surface area (Å²) in [5, 5.41) is 3.41. The van der Waals surface area contributed by atoms with Crippen LogP contribution in [0.1, 0.15) is 28.3 Å². The molecule has 3 nitrogen and oxygen atoms in total. The van der Waals surface area contributed by atoms with E-state index < -0.39 is 0 Å². The molecule has 0 aliphatic rings. The Morgan fingerprint density at radius 3 is 2.38 bits per heavy atom. The summed E-state index contributed by atoms with van der Waals surface area (Å²) in [5.41, 5.74) is 1.37. The van der Waals surface area contributed by atoms with E-state index in [4.69, 9.17) is 9.47 Å². The van der Waals surface area contributed by atoms with Crippen LogP contribution in [0.15, 0.2) is 6.07 Å². The van der Waals surface area contributed by atoms with Crippen molar-refractivity contribution in [1.29, 1.82) is 0 Å². The van der Waals surface area contributed by atoms with Gasteiger partial charge in [-0.25, -0.2) is 0 Å². The molecule has 0 fully saturated rings. The molecule has 0 saturated heterocycles. The molecule has 0 radical (unpaired) electrons. The van der Waals surface area contributed by atoms with Crippen LogP contribution in [-0.4, -0.2) is 27.1 Å². The van der Waals surface area contributed by atoms with E-state index in [1.807, 2.05) is 11.3 Å². The van der Waals surface area contributed by atoms with Crippen molar-refractivity contribution in [2.45, 2.75) is 33.1 Å². The summed E-state index contributed by atoms with van der Waals surface area (Å²) in [7, 11) is 3.31. The van der Waals surface area contributed by atoms with E-state index in [9.17, 15) is 0 Å². The van der Waals surface area contributed by atoms with Gasteiger partial charge >= 0.3 is 0 Å². The van der Waals surface area contributed by atoms with E-state index in [1.54, 1.807) is 14.2 Å². The number of aryl methyl sites for hydroxylation is 2. The number of thiophene rings is 1. The van der Waals surface area contributed by atoms with Gasteiger partial charge in [-0.05, 0) is 32.4 Å². The minimum absolute atomic E-state index is 0.178. The molecule has 1 heterocycles. The van der Waals surface area contributed by atoms with Gasteiger partial charge in [0.25, 0.3) is 0 Å². The van der Waals surface area contributed by atoms with Crippen molar-refractivity contribution in [2.24, 2.45) is 0 Å². The van der Waals surface area contributed by atoms with Crippen molar-refractivity contribution in [3.8, 4) is 0 Å². The zero-order valence-corrected chi connectivity index (χ0v) is 11.5. The first kappa shape index (κ1) is 13.6. The Hall–Kier alpha value is -0.420. The molecule has 1 unspecified atom stereocenters. The van der Waals surface area contributed by atoms with Crippen LogP contribution < -0.4 is 5.32 Å². The second kappa shape index (κ2) is 6.35. The van der Waals surface area contributed by atoms with Crippen LogP contribution >= 0.6 is 11.3 Å². The summed E-state index contributed by atoms with van der Waals surface area (Å²) in [6, 6.07) is 2.57. The van der Waals surface area contributed by atoms with Gasteiger partial charge in [0.2, 0.25) is 0 Å². The molecular weight excluding hydrogens is 222 g/mol. The van der Waals surface area contributed by atoms with E-state index in [0.29, 0.717) is 12.6 Å². The molecule has 1 rings (SSSR count). The summed E-state index contributed by atoms with van der Waals surface area (Å²) >= 11 is 1.84. The lowest BCUT2D eigenvalue weighted by Crippen LogP contribution is -2.31. The molecule has 1 aromatic rings. The molecule has 1 aromatic heterocycles. The zero-order valence-electron chi connectivity index (χ0n) is 10.7. The predicted octanol–water partition coefficient (Wildman–Crippen LogP) is 2.63. The SMILES string of the molecule is COC(CNC(C)c1cc(C)sc1C)OC. The highest BCUT2D eigenvalue weighted by molar-refractivity contribution is 7.12. The van der Waals surface area contributed by atoms with Crippen molar-refractivity contribution in [2.75, 3.05) is 20.8 Å². The van der Waals surface area contributed by atoms with E-state index in [2.05, 4.69) is 32.2 Å². The minimum Gasteiger partial charge on any atom is -0.355 e. The standard InChI is InChI=1S/C12H21NO2S/c1-8-6-11(10(3)16-8)9(2)13-7-12(14-4)15-5/h6,9,12-13H,7H2,1-5H3. The summed E-state index contributed by atoms with van der Waals surface area (Å²) in [6.07, 6.45) is -0.178. The number of hydrogen-bond acceptors (Lipinski definition) is 4. The minimum atomic E-state index is -0.178. The Morgan fingerprint density at radius 1 is 1.31 bits per heavy atom. The number of methoxy groups -OCH3 is 2. The fraction of sp³-hybridized carbons (Fsp3) is 0.667. The first-order chi connectivity index (χ1) is 7.58. The van der Waals surface area contributed by atoms with Gasteiger partial charge < -0.3 is 14.8 Å². The molecule has 0 saturated carbocycles. The van der Waals surface area contributed by atoms with Crippen molar-refractivity contribution < 1.29 is 9.47 Å². The Kier molecular flexibility index (Phi) is 5.41.